The molecular weight excluding hydrogens is 174 g/mol. The summed E-state index contributed by atoms with van der Waals surface area (Å²) in [5, 5.41) is 13.1. The third-order valence-electron chi connectivity index (χ3n) is 3.26. The van der Waals surface area contributed by atoms with Crippen molar-refractivity contribution in [2.75, 3.05) is 0 Å². The van der Waals surface area contributed by atoms with Crippen LogP contribution in [0.15, 0.2) is 0 Å². The number of hydrogen-bond acceptors (Lipinski definition) is 2. The molecule has 0 aromatic heterocycles. The standard InChI is InChI=1S/C12H25NO/c1-4-6-11(10-8-9(10)3)13-12(14)7-5-2/h9-14H,4-8H2,1-3H3. The van der Waals surface area contributed by atoms with Gasteiger partial charge in [-0.1, -0.05) is 33.6 Å². The van der Waals surface area contributed by atoms with E-state index in [1.165, 1.54) is 19.3 Å². The van der Waals surface area contributed by atoms with Crippen LogP contribution in [0.25, 0.3) is 0 Å². The third kappa shape index (κ3) is 3.58. The molecule has 0 amide bonds. The fraction of sp³-hybridized carbons (Fsp3) is 1.00. The van der Waals surface area contributed by atoms with Crippen molar-refractivity contribution in [1.29, 1.82) is 0 Å². The fourth-order valence-electron chi connectivity index (χ4n) is 2.25. The lowest BCUT2D eigenvalue weighted by molar-refractivity contribution is 0.105. The highest BCUT2D eigenvalue weighted by Crippen LogP contribution is 2.41. The SMILES string of the molecule is CCCC(O)NC(CCC)C1CC1C. The van der Waals surface area contributed by atoms with Crippen molar-refractivity contribution in [3.05, 3.63) is 0 Å². The van der Waals surface area contributed by atoms with Crippen molar-refractivity contribution < 1.29 is 5.11 Å². The molecule has 0 spiro atoms. The van der Waals surface area contributed by atoms with Gasteiger partial charge < -0.3 is 5.11 Å². The maximum atomic E-state index is 9.70. The van der Waals surface area contributed by atoms with Crippen LogP contribution >= 0.6 is 0 Å². The van der Waals surface area contributed by atoms with E-state index in [1.807, 2.05) is 0 Å². The van der Waals surface area contributed by atoms with Gasteiger partial charge in [0.2, 0.25) is 0 Å². The molecule has 0 aromatic rings. The van der Waals surface area contributed by atoms with Gasteiger partial charge in [-0.05, 0) is 31.1 Å². The molecule has 0 heterocycles. The first kappa shape index (κ1) is 12.0. The second kappa shape index (κ2) is 5.72. The molecule has 0 aromatic carbocycles. The van der Waals surface area contributed by atoms with E-state index < -0.39 is 0 Å². The van der Waals surface area contributed by atoms with Crippen molar-refractivity contribution in [2.24, 2.45) is 11.8 Å². The van der Waals surface area contributed by atoms with Crippen LogP contribution < -0.4 is 5.32 Å². The first-order valence-electron chi connectivity index (χ1n) is 6.13. The first-order chi connectivity index (χ1) is 6.69. The van der Waals surface area contributed by atoms with Crippen molar-refractivity contribution in [3.63, 3.8) is 0 Å². The molecule has 4 atom stereocenters. The van der Waals surface area contributed by atoms with E-state index >= 15 is 0 Å². The van der Waals surface area contributed by atoms with Crippen molar-refractivity contribution in [3.8, 4) is 0 Å². The predicted molar refractivity (Wildman–Crippen MR) is 60.0 cm³/mol. The van der Waals surface area contributed by atoms with Crippen LogP contribution in [-0.2, 0) is 0 Å². The number of nitrogens with one attached hydrogen (secondary N) is 1. The largest absolute Gasteiger partial charge is 0.379 e. The Kier molecular flexibility index (Phi) is 4.90. The molecule has 1 aliphatic carbocycles. The highest BCUT2D eigenvalue weighted by Gasteiger charge is 2.39. The van der Waals surface area contributed by atoms with E-state index in [2.05, 4.69) is 26.1 Å². The van der Waals surface area contributed by atoms with Gasteiger partial charge >= 0.3 is 0 Å². The smallest absolute Gasteiger partial charge is 0.105 e. The summed E-state index contributed by atoms with van der Waals surface area (Å²) in [6.45, 7) is 6.63. The van der Waals surface area contributed by atoms with E-state index in [1.54, 1.807) is 0 Å². The predicted octanol–water partition coefficient (Wildman–Crippen LogP) is 2.52. The summed E-state index contributed by atoms with van der Waals surface area (Å²) < 4.78 is 0. The Hall–Kier alpha value is -0.0800. The van der Waals surface area contributed by atoms with E-state index in [4.69, 9.17) is 0 Å². The quantitative estimate of drug-likeness (QED) is 0.618. The molecule has 1 fully saturated rings. The Morgan fingerprint density at radius 1 is 1.29 bits per heavy atom. The number of hydrogen-bond donors (Lipinski definition) is 2. The van der Waals surface area contributed by atoms with Crippen LogP contribution in [-0.4, -0.2) is 17.4 Å². The summed E-state index contributed by atoms with van der Waals surface area (Å²) in [6, 6.07) is 0.552. The highest BCUT2D eigenvalue weighted by molar-refractivity contribution is 4.92. The van der Waals surface area contributed by atoms with Crippen LogP contribution in [0.5, 0.6) is 0 Å². The van der Waals surface area contributed by atoms with Gasteiger partial charge in [-0.25, -0.2) is 0 Å². The maximum absolute atomic E-state index is 9.70. The lowest BCUT2D eigenvalue weighted by Crippen LogP contribution is -2.39. The molecule has 84 valence electrons. The summed E-state index contributed by atoms with van der Waals surface area (Å²) in [7, 11) is 0. The molecule has 14 heavy (non-hydrogen) atoms. The molecule has 0 aliphatic heterocycles. The molecule has 2 heteroatoms. The van der Waals surface area contributed by atoms with Crippen molar-refractivity contribution >= 4 is 0 Å². The van der Waals surface area contributed by atoms with E-state index in [0.29, 0.717) is 6.04 Å². The Balaban J connectivity index is 2.27. The molecule has 0 radical (unpaired) electrons. The lowest BCUT2D eigenvalue weighted by atomic mass is 10.1. The van der Waals surface area contributed by atoms with Crippen LogP contribution in [0.4, 0.5) is 0 Å². The van der Waals surface area contributed by atoms with Gasteiger partial charge in [0.1, 0.15) is 6.23 Å². The summed E-state index contributed by atoms with van der Waals surface area (Å²) in [5.74, 6) is 1.69. The summed E-state index contributed by atoms with van der Waals surface area (Å²) in [4.78, 5) is 0. The topological polar surface area (TPSA) is 32.3 Å². The van der Waals surface area contributed by atoms with Crippen molar-refractivity contribution in [2.45, 2.75) is 65.1 Å². The molecule has 4 unspecified atom stereocenters. The minimum Gasteiger partial charge on any atom is -0.379 e. The Morgan fingerprint density at radius 3 is 2.29 bits per heavy atom. The molecule has 0 saturated heterocycles. The van der Waals surface area contributed by atoms with Crippen LogP contribution in [0.3, 0.4) is 0 Å². The first-order valence-corrected chi connectivity index (χ1v) is 6.13. The van der Waals surface area contributed by atoms with Crippen LogP contribution in [0, 0.1) is 11.8 Å². The van der Waals surface area contributed by atoms with E-state index in [9.17, 15) is 5.11 Å². The average Bonchev–Trinajstić information content (AvgIpc) is 2.82. The highest BCUT2D eigenvalue weighted by atomic mass is 16.3. The zero-order valence-electron chi connectivity index (χ0n) is 9.79. The second-order valence-corrected chi connectivity index (χ2v) is 4.74. The van der Waals surface area contributed by atoms with Gasteiger partial charge in [0.25, 0.3) is 0 Å². The zero-order chi connectivity index (χ0) is 10.6. The summed E-state index contributed by atoms with van der Waals surface area (Å²) in [6.07, 6.45) is 5.39. The fourth-order valence-corrected chi connectivity index (χ4v) is 2.25. The van der Waals surface area contributed by atoms with Gasteiger partial charge in [0, 0.05) is 6.04 Å². The summed E-state index contributed by atoms with van der Waals surface area (Å²) in [5.41, 5.74) is 0. The minimum atomic E-state index is -0.288. The van der Waals surface area contributed by atoms with Gasteiger partial charge in [-0.3, -0.25) is 5.32 Å². The molecule has 1 aliphatic rings. The number of rotatable bonds is 7. The monoisotopic (exact) mass is 199 g/mol. The van der Waals surface area contributed by atoms with E-state index in [-0.39, 0.29) is 6.23 Å². The Bertz CT molecular complexity index is 160. The Morgan fingerprint density at radius 2 is 1.86 bits per heavy atom. The van der Waals surface area contributed by atoms with Gasteiger partial charge in [0.15, 0.2) is 0 Å². The normalized spacial score (nSPS) is 30.0. The van der Waals surface area contributed by atoms with Gasteiger partial charge in [-0.15, -0.1) is 0 Å². The minimum absolute atomic E-state index is 0.288. The molecule has 1 saturated carbocycles. The summed E-state index contributed by atoms with van der Waals surface area (Å²) >= 11 is 0. The zero-order valence-corrected chi connectivity index (χ0v) is 9.79. The van der Waals surface area contributed by atoms with E-state index in [0.717, 1.165) is 24.7 Å². The number of aliphatic hydroxyl groups is 1. The third-order valence-corrected chi connectivity index (χ3v) is 3.26. The van der Waals surface area contributed by atoms with Gasteiger partial charge in [-0.2, -0.15) is 0 Å². The molecular formula is C12H25NO. The molecule has 2 N–H and O–H groups in total. The Labute approximate surface area is 88.1 Å². The molecule has 1 rings (SSSR count). The van der Waals surface area contributed by atoms with Crippen LogP contribution in [0.1, 0.15) is 52.9 Å². The molecule has 0 bridgehead atoms. The number of aliphatic hydroxyl groups excluding tert-OH is 1. The lowest BCUT2D eigenvalue weighted by Gasteiger charge is -2.22. The molecule has 2 nitrogen and oxygen atoms in total. The van der Waals surface area contributed by atoms with Gasteiger partial charge in [0.05, 0.1) is 0 Å². The average molecular weight is 199 g/mol. The van der Waals surface area contributed by atoms with Crippen molar-refractivity contribution in [1.82, 2.24) is 5.32 Å². The van der Waals surface area contributed by atoms with Crippen LogP contribution in [0.2, 0.25) is 0 Å². The maximum Gasteiger partial charge on any atom is 0.105 e. The second-order valence-electron chi connectivity index (χ2n) is 4.74.